The predicted molar refractivity (Wildman–Crippen MR) is 79.2 cm³/mol. The molecule has 0 atom stereocenters. The number of Topliss-reactive ketones (excluding diaryl/α,β-unsaturated/α-hetero) is 1. The number of rotatable bonds is 5. The largest absolute Gasteiger partial charge is 0.496 e. The highest BCUT2D eigenvalue weighted by atomic mass is 35.5. The van der Waals surface area contributed by atoms with E-state index in [-0.39, 0.29) is 23.7 Å². The lowest BCUT2D eigenvalue weighted by Crippen LogP contribution is -2.13. The maximum atomic E-state index is 13.2. The van der Waals surface area contributed by atoms with E-state index in [9.17, 15) is 9.18 Å². The third kappa shape index (κ3) is 3.86. The Labute approximate surface area is 131 Å². The molecule has 0 saturated heterocycles. The van der Waals surface area contributed by atoms with Gasteiger partial charge in [0.1, 0.15) is 17.3 Å². The van der Waals surface area contributed by atoms with Crippen LogP contribution in [0.15, 0.2) is 36.4 Å². The maximum absolute atomic E-state index is 13.2. The molecule has 0 unspecified atom stereocenters. The lowest BCUT2D eigenvalue weighted by molar-refractivity contribution is 0.0918. The van der Waals surface area contributed by atoms with Gasteiger partial charge in [0.15, 0.2) is 6.61 Å². The maximum Gasteiger partial charge on any atom is 0.204 e. The molecule has 0 aliphatic carbocycles. The quantitative estimate of drug-likeness (QED) is 0.763. The summed E-state index contributed by atoms with van der Waals surface area (Å²) in [4.78, 5) is 12.1. The molecular formula is C15H11Cl2FO3. The minimum Gasteiger partial charge on any atom is -0.496 e. The molecule has 0 aliphatic rings. The van der Waals surface area contributed by atoms with E-state index >= 15 is 0 Å². The fraction of sp³-hybridized carbons (Fsp3) is 0.133. The summed E-state index contributed by atoms with van der Waals surface area (Å²) in [6.07, 6.45) is 0. The van der Waals surface area contributed by atoms with Crippen molar-refractivity contribution in [1.82, 2.24) is 0 Å². The number of ether oxygens (including phenoxy) is 2. The topological polar surface area (TPSA) is 35.5 Å². The fourth-order valence-electron chi connectivity index (χ4n) is 1.71. The molecule has 0 heterocycles. The van der Waals surface area contributed by atoms with E-state index in [2.05, 4.69) is 0 Å². The van der Waals surface area contributed by atoms with Crippen molar-refractivity contribution in [2.75, 3.05) is 13.7 Å². The van der Waals surface area contributed by atoms with E-state index in [1.165, 1.54) is 25.3 Å². The first-order valence-corrected chi connectivity index (χ1v) is 6.71. The summed E-state index contributed by atoms with van der Waals surface area (Å²) in [6.45, 7) is -0.306. The molecule has 0 radical (unpaired) electrons. The molecule has 0 spiro atoms. The predicted octanol–water partition coefficient (Wildman–Crippen LogP) is 4.40. The zero-order valence-electron chi connectivity index (χ0n) is 11.0. The van der Waals surface area contributed by atoms with E-state index in [0.29, 0.717) is 10.0 Å². The first-order valence-electron chi connectivity index (χ1n) is 5.96. The molecule has 21 heavy (non-hydrogen) atoms. The van der Waals surface area contributed by atoms with Gasteiger partial charge in [-0.3, -0.25) is 4.79 Å². The normalized spacial score (nSPS) is 10.3. The third-order valence-electron chi connectivity index (χ3n) is 2.71. The van der Waals surface area contributed by atoms with Crippen LogP contribution in [-0.4, -0.2) is 19.5 Å². The van der Waals surface area contributed by atoms with E-state index in [1.807, 2.05) is 0 Å². The molecule has 3 nitrogen and oxygen atoms in total. The number of ketones is 1. The van der Waals surface area contributed by atoms with Crippen LogP contribution < -0.4 is 9.47 Å². The van der Waals surface area contributed by atoms with Gasteiger partial charge >= 0.3 is 0 Å². The average Bonchev–Trinajstić information content (AvgIpc) is 2.47. The van der Waals surface area contributed by atoms with Crippen molar-refractivity contribution in [1.29, 1.82) is 0 Å². The van der Waals surface area contributed by atoms with Crippen molar-refractivity contribution in [2.45, 2.75) is 0 Å². The van der Waals surface area contributed by atoms with Crippen LogP contribution in [0.3, 0.4) is 0 Å². The Hall–Kier alpha value is -1.78. The van der Waals surface area contributed by atoms with Gasteiger partial charge in [-0.15, -0.1) is 0 Å². The highest BCUT2D eigenvalue weighted by molar-refractivity contribution is 6.34. The Bertz CT molecular complexity index is 674. The Kier molecular flexibility index (Phi) is 5.04. The highest BCUT2D eigenvalue weighted by Gasteiger charge is 2.15. The van der Waals surface area contributed by atoms with Gasteiger partial charge in [0.05, 0.1) is 17.7 Å². The van der Waals surface area contributed by atoms with E-state index in [4.69, 9.17) is 32.7 Å². The Balaban J connectivity index is 2.15. The van der Waals surface area contributed by atoms with Crippen molar-refractivity contribution in [2.24, 2.45) is 0 Å². The molecule has 0 bridgehead atoms. The molecule has 0 N–H and O–H groups in total. The molecule has 2 aromatic rings. The Morgan fingerprint density at radius 2 is 1.90 bits per heavy atom. The fourth-order valence-corrected chi connectivity index (χ4v) is 2.04. The molecule has 0 aromatic heterocycles. The molecule has 0 fully saturated rings. The number of methoxy groups -OCH3 is 1. The van der Waals surface area contributed by atoms with Crippen LogP contribution >= 0.6 is 23.2 Å². The molecule has 0 aliphatic heterocycles. The van der Waals surface area contributed by atoms with Gasteiger partial charge in [0.25, 0.3) is 0 Å². The summed E-state index contributed by atoms with van der Waals surface area (Å²) in [5.74, 6) is -0.391. The van der Waals surface area contributed by atoms with Crippen LogP contribution in [0.25, 0.3) is 0 Å². The summed E-state index contributed by atoms with van der Waals surface area (Å²) in [6, 6.07) is 8.37. The second-order valence-electron chi connectivity index (χ2n) is 4.13. The van der Waals surface area contributed by atoms with Crippen LogP contribution in [0.2, 0.25) is 10.0 Å². The summed E-state index contributed by atoms with van der Waals surface area (Å²) in [5.41, 5.74) is 0.107. The molecule has 2 aromatic carbocycles. The van der Waals surface area contributed by atoms with Gasteiger partial charge in [0.2, 0.25) is 5.78 Å². The van der Waals surface area contributed by atoms with Crippen LogP contribution in [0.5, 0.6) is 11.5 Å². The van der Waals surface area contributed by atoms with Gasteiger partial charge in [-0.05, 0) is 30.3 Å². The minimum absolute atomic E-state index is 0.107. The second-order valence-corrected chi connectivity index (χ2v) is 4.97. The molecule has 0 saturated carbocycles. The summed E-state index contributed by atoms with van der Waals surface area (Å²) < 4.78 is 23.6. The zero-order valence-corrected chi connectivity index (χ0v) is 12.5. The van der Waals surface area contributed by atoms with Gasteiger partial charge in [0, 0.05) is 11.1 Å². The van der Waals surface area contributed by atoms with Crippen molar-refractivity contribution < 1.29 is 18.7 Å². The van der Waals surface area contributed by atoms with Gasteiger partial charge in [-0.25, -0.2) is 4.39 Å². The van der Waals surface area contributed by atoms with Crippen LogP contribution in [0.4, 0.5) is 4.39 Å². The van der Waals surface area contributed by atoms with Crippen LogP contribution in [0.1, 0.15) is 10.4 Å². The molecule has 6 heteroatoms. The van der Waals surface area contributed by atoms with E-state index < -0.39 is 11.6 Å². The summed E-state index contributed by atoms with van der Waals surface area (Å²) in [7, 11) is 1.40. The number of carbonyl (C=O) groups is 1. The summed E-state index contributed by atoms with van der Waals surface area (Å²) in [5, 5.41) is 0.767. The molecule has 0 amide bonds. The lowest BCUT2D eigenvalue weighted by Gasteiger charge is -2.10. The van der Waals surface area contributed by atoms with Gasteiger partial charge in [-0.2, -0.15) is 0 Å². The van der Waals surface area contributed by atoms with Crippen molar-refractivity contribution in [3.8, 4) is 11.5 Å². The molecule has 2 rings (SSSR count). The average molecular weight is 329 g/mol. The Morgan fingerprint density at radius 3 is 2.62 bits per heavy atom. The number of halogens is 3. The smallest absolute Gasteiger partial charge is 0.204 e. The SMILES string of the molecule is COc1ccc(F)cc1C(=O)COc1cc(Cl)ccc1Cl. The number of hydrogen-bond donors (Lipinski definition) is 0. The monoisotopic (exact) mass is 328 g/mol. The minimum atomic E-state index is -0.528. The van der Waals surface area contributed by atoms with E-state index in [1.54, 1.807) is 12.1 Å². The van der Waals surface area contributed by atoms with E-state index in [0.717, 1.165) is 6.07 Å². The molecule has 110 valence electrons. The van der Waals surface area contributed by atoms with Crippen molar-refractivity contribution >= 4 is 29.0 Å². The van der Waals surface area contributed by atoms with Crippen LogP contribution in [0, 0.1) is 5.82 Å². The first-order chi connectivity index (χ1) is 10.0. The number of benzene rings is 2. The highest BCUT2D eigenvalue weighted by Crippen LogP contribution is 2.28. The van der Waals surface area contributed by atoms with Gasteiger partial charge in [-0.1, -0.05) is 23.2 Å². The Morgan fingerprint density at radius 1 is 1.14 bits per heavy atom. The van der Waals surface area contributed by atoms with Crippen molar-refractivity contribution in [3.05, 3.63) is 57.8 Å². The molecular weight excluding hydrogens is 318 g/mol. The standard InChI is InChI=1S/C15H11Cl2FO3/c1-20-14-5-3-10(18)7-11(14)13(19)8-21-15-6-9(16)2-4-12(15)17/h2-7H,8H2,1H3. The lowest BCUT2D eigenvalue weighted by atomic mass is 10.1. The van der Waals surface area contributed by atoms with Crippen molar-refractivity contribution in [3.63, 3.8) is 0 Å². The number of hydrogen-bond acceptors (Lipinski definition) is 3. The zero-order chi connectivity index (χ0) is 15.4. The summed E-state index contributed by atoms with van der Waals surface area (Å²) >= 11 is 11.8. The first kappa shape index (κ1) is 15.6. The number of carbonyl (C=O) groups excluding carboxylic acids is 1. The van der Waals surface area contributed by atoms with Gasteiger partial charge < -0.3 is 9.47 Å². The third-order valence-corrected chi connectivity index (χ3v) is 3.26. The van der Waals surface area contributed by atoms with Crippen LogP contribution in [-0.2, 0) is 0 Å². The second kappa shape index (κ2) is 6.78.